The van der Waals surface area contributed by atoms with Crippen molar-refractivity contribution in [3.05, 3.63) is 0 Å². The molecule has 1 aliphatic carbocycles. The number of nitrogens with zero attached hydrogens (tertiary/aromatic N) is 3. The number of aliphatic hydroxyl groups is 10. The van der Waals surface area contributed by atoms with E-state index >= 15 is 0 Å². The van der Waals surface area contributed by atoms with Crippen molar-refractivity contribution in [3.63, 3.8) is 0 Å². The fourth-order valence-electron chi connectivity index (χ4n) is 14.6. The summed E-state index contributed by atoms with van der Waals surface area (Å²) in [6.07, 6.45) is -0.0171. The molecule has 0 bridgehead atoms. The van der Waals surface area contributed by atoms with E-state index < -0.39 is 184 Å². The van der Waals surface area contributed by atoms with E-state index in [2.05, 4.69) is 44.5 Å². The quantitative estimate of drug-likeness (QED) is 0.0205. The molecule has 0 radical (unpaired) electrons. The van der Waals surface area contributed by atoms with Gasteiger partial charge in [-0.1, -0.05) is 38.5 Å². The van der Waals surface area contributed by atoms with Gasteiger partial charge in [0.05, 0.1) is 65.6 Å². The lowest BCUT2D eigenvalue weighted by molar-refractivity contribution is -0.270. The van der Waals surface area contributed by atoms with E-state index in [4.69, 9.17) is 51.3 Å². The van der Waals surface area contributed by atoms with Gasteiger partial charge in [-0.15, -0.1) is 0 Å². The molecule has 0 spiro atoms. The Labute approximate surface area is 744 Å². The third kappa shape index (κ3) is 47.0. The van der Waals surface area contributed by atoms with Crippen LogP contribution in [0.25, 0.3) is 0 Å². The molecule has 3 saturated heterocycles. The second-order valence-corrected chi connectivity index (χ2v) is 35.6. The summed E-state index contributed by atoms with van der Waals surface area (Å²) in [4.78, 5) is 140. The van der Waals surface area contributed by atoms with Gasteiger partial charge in [-0.3, -0.25) is 61.2 Å². The topological polar surface area (TPSA) is 614 Å². The van der Waals surface area contributed by atoms with Gasteiger partial charge in [-0.25, -0.2) is 9.13 Å². The highest BCUT2D eigenvalue weighted by atomic mass is 32.1. The maximum Gasteiger partial charge on any atom is 0.472 e. The zero-order valence-corrected chi connectivity index (χ0v) is 76.1. The van der Waals surface area contributed by atoms with E-state index in [1.807, 2.05) is 0 Å². The minimum Gasteiger partial charge on any atom is -0.395 e. The number of ether oxygens (including phenoxy) is 7. The summed E-state index contributed by atoms with van der Waals surface area (Å²) in [6.45, 7) is 0.0782. The number of aliphatic hydroxyl groups excluding tert-OH is 10. The fourth-order valence-corrected chi connectivity index (χ4v) is 16.3. The number of thiol groups is 1. The molecule has 1 saturated carbocycles. The summed E-state index contributed by atoms with van der Waals surface area (Å²) in [5.41, 5.74) is 0. The van der Waals surface area contributed by atoms with Gasteiger partial charge < -0.3 is 141 Å². The predicted octanol–water partition coefficient (Wildman–Crippen LogP) is -0.639. The van der Waals surface area contributed by atoms with Crippen molar-refractivity contribution in [3.8, 4) is 0 Å². The number of amides is 9. The van der Waals surface area contributed by atoms with Gasteiger partial charge in [0, 0.05) is 143 Å². The van der Waals surface area contributed by atoms with Gasteiger partial charge in [0.15, 0.2) is 18.9 Å². The Bertz CT molecular complexity index is 3210. The Morgan fingerprint density at radius 2 is 0.635 bits per heavy atom. The smallest absolute Gasteiger partial charge is 0.395 e. The number of nitrogens with one attached hydrogen (secondary N) is 6. The molecule has 17 atom stereocenters. The van der Waals surface area contributed by atoms with Crippen molar-refractivity contribution in [1.29, 1.82) is 0 Å². The highest BCUT2D eigenvalue weighted by Crippen LogP contribution is 2.44. The van der Waals surface area contributed by atoms with E-state index in [-0.39, 0.29) is 146 Å². The minimum atomic E-state index is -4.88. The van der Waals surface area contributed by atoms with Gasteiger partial charge in [0.2, 0.25) is 53.2 Å². The standard InChI is InChI=1S/C80H147N9O34P2S/c1-55(94)84-69-75(106)72(103)60(52-91)121-78(69)114-44-19-7-10-28-63(97)81-34-16-4-13-31-66(100)87(37-43-90)39-48-117-124(109,110)119-50-41-89(68(102)33-15-6-18-36-83-65(99)30-12-9-21-46-116-80-71(86-57(3)96)77(108)74(105)62(54-93)123-80)42-51-120-125(111,112)118-49-40-88(38-47-113-58-24-22-26-59(126)27-23-25-58)67(101)32-14-5-17-35-82-64(98)29-11-8-20-45-115-79-70(85-56(2)95)76(107)73(104)61(53-92)122-79/h58-62,69-80,90-93,103-108,126H,4-54H2,1-3H3,(H,81,97)(H,82,98)(H,83,99)(H,84,94)(H,85,95)(H,86,96)(H,109,110)(H,111,112). The van der Waals surface area contributed by atoms with E-state index in [1.54, 1.807) is 0 Å². The van der Waals surface area contributed by atoms with Crippen LogP contribution in [0.4, 0.5) is 0 Å². The third-order valence-corrected chi connectivity index (χ3v) is 24.2. The summed E-state index contributed by atoms with van der Waals surface area (Å²) in [6, 6.07) is -3.21. The average molecular weight is 1870 g/mol. The lowest BCUT2D eigenvalue weighted by atomic mass is 9.97. The van der Waals surface area contributed by atoms with E-state index in [1.165, 1.54) is 35.5 Å². The van der Waals surface area contributed by atoms with E-state index in [9.17, 15) is 113 Å². The van der Waals surface area contributed by atoms with E-state index in [0.29, 0.717) is 134 Å². The predicted molar refractivity (Wildman–Crippen MR) is 454 cm³/mol. The number of carbonyl (C=O) groups excluding carboxylic acids is 9. The first-order valence-corrected chi connectivity index (χ1v) is 48.1. The molecule has 4 fully saturated rings. The molecule has 18 N–H and O–H groups in total. The number of rotatable bonds is 67. The number of phosphoric ester groups is 2. The molecule has 9 amide bonds. The average Bonchev–Trinajstić information content (AvgIpc) is 0.816. The first-order chi connectivity index (χ1) is 60.2. The minimum absolute atomic E-state index is 0.0243. The van der Waals surface area contributed by atoms with Crippen molar-refractivity contribution in [2.24, 2.45) is 0 Å². The number of hydrogen-bond donors (Lipinski definition) is 19. The van der Waals surface area contributed by atoms with Gasteiger partial charge in [0.1, 0.15) is 73.1 Å². The van der Waals surface area contributed by atoms with Crippen LogP contribution >= 0.6 is 28.3 Å². The Balaban J connectivity index is 1.24. The van der Waals surface area contributed by atoms with Crippen LogP contribution in [0.1, 0.15) is 213 Å². The zero-order chi connectivity index (χ0) is 92.8. The Morgan fingerprint density at radius 3 is 0.921 bits per heavy atom. The number of hydrogen-bond acceptors (Lipinski definition) is 33. The monoisotopic (exact) mass is 1870 g/mol. The van der Waals surface area contributed by atoms with Crippen LogP contribution < -0.4 is 31.9 Å². The molecule has 732 valence electrons. The van der Waals surface area contributed by atoms with Crippen molar-refractivity contribution >= 4 is 81.4 Å². The summed E-state index contributed by atoms with van der Waals surface area (Å²) in [5.74, 6) is -3.15. The van der Waals surface area contributed by atoms with Crippen molar-refractivity contribution in [2.75, 3.05) is 138 Å². The molecule has 0 aromatic heterocycles. The molecule has 3 heterocycles. The summed E-state index contributed by atoms with van der Waals surface area (Å²) >= 11 is 4.66. The maximum atomic E-state index is 13.9. The van der Waals surface area contributed by atoms with Crippen LogP contribution in [0.2, 0.25) is 0 Å². The number of unbranched alkanes of at least 4 members (excludes halogenated alkanes) is 12. The maximum absolute atomic E-state index is 13.9. The Kier molecular flexibility index (Phi) is 58.4. The summed E-state index contributed by atoms with van der Waals surface area (Å²) < 4.78 is 88.0. The van der Waals surface area contributed by atoms with Crippen LogP contribution in [0.3, 0.4) is 0 Å². The van der Waals surface area contributed by atoms with Crippen LogP contribution in [-0.4, -0.2) is 370 Å². The van der Waals surface area contributed by atoms with Crippen molar-refractivity contribution in [2.45, 2.75) is 317 Å². The molecule has 43 nitrogen and oxygen atoms in total. The van der Waals surface area contributed by atoms with Gasteiger partial charge in [0.25, 0.3) is 0 Å². The Hall–Kier alpha value is -4.88. The van der Waals surface area contributed by atoms with Gasteiger partial charge in [-0.2, -0.15) is 12.6 Å². The fraction of sp³-hybridized carbons (Fsp3) is 0.887. The number of phosphoric acid groups is 2. The molecule has 17 unspecified atom stereocenters. The van der Waals surface area contributed by atoms with Crippen LogP contribution in [0.5, 0.6) is 0 Å². The highest BCUT2D eigenvalue weighted by molar-refractivity contribution is 7.80. The molecule has 46 heteroatoms. The molecule has 0 aromatic carbocycles. The molecule has 4 rings (SSSR count). The molecule has 3 aliphatic heterocycles. The van der Waals surface area contributed by atoms with E-state index in [0.717, 1.165) is 38.5 Å². The van der Waals surface area contributed by atoms with Crippen molar-refractivity contribution < 1.29 is 164 Å². The van der Waals surface area contributed by atoms with Gasteiger partial charge >= 0.3 is 15.6 Å². The lowest BCUT2D eigenvalue weighted by Crippen LogP contribution is -2.64. The SMILES string of the molecule is CC(=O)NC1C(OCCCCCC(=O)NCCCCCC(=O)N(CCO)CCOP(=O)(O)OCCN(CCOP(=O)(O)OCCN(CCOC2CCCC(S)CCC2)C(=O)CCCCCNC(=O)CCCCCOC2OC(CO)C(O)C(O)C2NC(C)=O)C(=O)CCCCCNC(=O)CCCCCOC2OC(CO)C(O)C(O)C2NC(C)=O)OC(CO)C(O)C1O. The second-order valence-electron chi connectivity index (χ2n) is 32.0. The first-order valence-electron chi connectivity index (χ1n) is 44.5. The lowest BCUT2D eigenvalue weighted by Gasteiger charge is -2.42. The first kappa shape index (κ1) is 113. The second kappa shape index (κ2) is 64.9. The molecule has 0 aromatic rings. The number of carbonyl (C=O) groups is 9. The molecular weight excluding hydrogens is 1720 g/mol. The molecule has 126 heavy (non-hydrogen) atoms. The largest absolute Gasteiger partial charge is 0.472 e. The zero-order valence-electron chi connectivity index (χ0n) is 73.4. The molecular formula is C80H147N9O34P2S. The Morgan fingerprint density at radius 1 is 0.357 bits per heavy atom. The summed E-state index contributed by atoms with van der Waals surface area (Å²) in [5, 5.41) is 117. The summed E-state index contributed by atoms with van der Waals surface area (Å²) in [7, 11) is -9.74. The van der Waals surface area contributed by atoms with Crippen LogP contribution in [0.15, 0.2) is 0 Å². The third-order valence-electron chi connectivity index (χ3n) is 21.6. The van der Waals surface area contributed by atoms with Gasteiger partial charge in [-0.05, 0) is 116 Å². The highest BCUT2D eigenvalue weighted by Gasteiger charge is 2.48. The van der Waals surface area contributed by atoms with Crippen molar-refractivity contribution in [1.82, 2.24) is 46.6 Å². The molecule has 4 aliphatic rings. The van der Waals surface area contributed by atoms with Crippen LogP contribution in [0, 0.1) is 0 Å². The normalized spacial score (nSPS) is 25.5. The van der Waals surface area contributed by atoms with Crippen LogP contribution in [-0.2, 0) is 104 Å².